The summed E-state index contributed by atoms with van der Waals surface area (Å²) in [7, 11) is -4.68. The van der Waals surface area contributed by atoms with Crippen molar-refractivity contribution in [2.75, 3.05) is 0 Å². The van der Waals surface area contributed by atoms with Gasteiger partial charge in [0.15, 0.2) is 0 Å². The van der Waals surface area contributed by atoms with Gasteiger partial charge in [-0.05, 0) is 74.0 Å². The number of ketones is 1. The quantitative estimate of drug-likeness (QED) is 0.372. The zero-order valence-electron chi connectivity index (χ0n) is 16.5. The first-order valence-electron chi connectivity index (χ1n) is 9.90. The normalized spacial score (nSPS) is 49.6. The third-order valence-corrected chi connectivity index (χ3v) is 9.02. The monoisotopic (exact) mass is 408 g/mol. The summed E-state index contributed by atoms with van der Waals surface area (Å²) in [6, 6.07) is 0. The molecule has 4 saturated carbocycles. The maximum Gasteiger partial charge on any atom is 1.00 e. The van der Waals surface area contributed by atoms with Gasteiger partial charge in [-0.25, -0.2) is 8.42 Å². The van der Waals surface area contributed by atoms with Crippen molar-refractivity contribution in [2.24, 2.45) is 34.5 Å². The molecule has 0 aliphatic heterocycles. The van der Waals surface area contributed by atoms with E-state index in [-0.39, 0.29) is 52.2 Å². The van der Waals surface area contributed by atoms with Crippen LogP contribution in [0.1, 0.15) is 65.2 Å². The Balaban J connectivity index is 0.00000210. The Bertz CT molecular complexity index is 711. The number of hydrogen-bond donors (Lipinski definition) is 1. The third kappa shape index (κ3) is 3.60. The molecule has 0 unspecified atom stereocenters. The molecule has 4 aliphatic carbocycles. The van der Waals surface area contributed by atoms with Crippen LogP contribution >= 0.6 is 0 Å². The van der Waals surface area contributed by atoms with Gasteiger partial charge in [0, 0.05) is 11.8 Å². The molecule has 6 nitrogen and oxygen atoms in total. The number of fused-ring (bicyclic) bond motifs is 5. The second-order valence-electron chi connectivity index (χ2n) is 9.63. The van der Waals surface area contributed by atoms with Crippen LogP contribution in [0, 0.1) is 34.5 Å². The maximum atomic E-state index is 12.5. The molecule has 8 atom stereocenters. The van der Waals surface area contributed by atoms with Crippen molar-refractivity contribution in [2.45, 2.75) is 77.4 Å². The van der Waals surface area contributed by atoms with Gasteiger partial charge >= 0.3 is 29.6 Å². The zero-order valence-corrected chi connectivity index (χ0v) is 19.3. The van der Waals surface area contributed by atoms with Crippen LogP contribution in [0.25, 0.3) is 0 Å². The van der Waals surface area contributed by atoms with E-state index in [1.807, 2.05) is 6.92 Å². The van der Waals surface area contributed by atoms with Gasteiger partial charge in [-0.1, -0.05) is 13.8 Å². The summed E-state index contributed by atoms with van der Waals surface area (Å²) in [4.78, 5) is 12.5. The van der Waals surface area contributed by atoms with E-state index in [0.717, 1.165) is 25.7 Å². The predicted octanol–water partition coefficient (Wildman–Crippen LogP) is -0.582. The molecule has 0 bridgehead atoms. The smallest absolute Gasteiger partial charge is 0.726 e. The van der Waals surface area contributed by atoms with Crippen molar-refractivity contribution in [3.8, 4) is 0 Å². The first kappa shape index (κ1) is 22.2. The number of carbonyl (C=O) groups excluding carboxylic acids is 1. The standard InChI is InChI=1S/C19H30O6S.Na/c1-18-8-7-12(25-26(22,23)24)9-11(18)3-4-13-14-5-6-16(21)19(14,2)10-15(20)17(13)18;/h11-15,17,20H,3-10H2,1-2H3,(H,22,23,24);/q;+1/p-1/t11-,12+,13-,14-,15-,17+,18-,19-;/m0./s1. The Morgan fingerprint density at radius 2 is 1.89 bits per heavy atom. The number of aliphatic hydroxyl groups excluding tert-OH is 1. The predicted molar refractivity (Wildman–Crippen MR) is 92.7 cm³/mol. The van der Waals surface area contributed by atoms with Crippen molar-refractivity contribution < 1.29 is 56.6 Å². The molecule has 27 heavy (non-hydrogen) atoms. The van der Waals surface area contributed by atoms with Crippen LogP contribution in [0.15, 0.2) is 0 Å². The van der Waals surface area contributed by atoms with Crippen LogP contribution in [0.5, 0.6) is 0 Å². The van der Waals surface area contributed by atoms with Crippen LogP contribution < -0.4 is 29.6 Å². The molecule has 0 aromatic rings. The maximum absolute atomic E-state index is 12.5. The molecule has 0 aromatic carbocycles. The molecule has 8 heteroatoms. The van der Waals surface area contributed by atoms with E-state index in [4.69, 9.17) is 4.18 Å². The number of hydrogen-bond acceptors (Lipinski definition) is 6. The minimum Gasteiger partial charge on any atom is -0.726 e. The fraction of sp³-hybridized carbons (Fsp3) is 0.947. The molecule has 0 saturated heterocycles. The van der Waals surface area contributed by atoms with Crippen LogP contribution in [-0.4, -0.2) is 36.1 Å². The van der Waals surface area contributed by atoms with E-state index in [1.165, 1.54) is 0 Å². The zero-order chi connectivity index (χ0) is 18.9. The molecule has 1 N–H and O–H groups in total. The van der Waals surface area contributed by atoms with E-state index in [1.54, 1.807) is 0 Å². The van der Waals surface area contributed by atoms with Crippen molar-refractivity contribution in [3.05, 3.63) is 0 Å². The van der Waals surface area contributed by atoms with E-state index in [9.17, 15) is 22.9 Å². The molecule has 0 spiro atoms. The number of carbonyl (C=O) groups is 1. The van der Waals surface area contributed by atoms with E-state index < -0.39 is 22.6 Å². The van der Waals surface area contributed by atoms with Gasteiger partial charge in [0.2, 0.25) is 10.4 Å². The van der Waals surface area contributed by atoms with Crippen LogP contribution in [0.3, 0.4) is 0 Å². The van der Waals surface area contributed by atoms with Crippen molar-refractivity contribution in [1.29, 1.82) is 0 Å². The molecule has 4 rings (SSSR count). The summed E-state index contributed by atoms with van der Waals surface area (Å²) in [6.07, 6.45) is 4.86. The largest absolute Gasteiger partial charge is 1.00 e. The van der Waals surface area contributed by atoms with Gasteiger partial charge in [-0.2, -0.15) is 0 Å². The molecule has 4 aliphatic rings. The van der Waals surface area contributed by atoms with Gasteiger partial charge in [-0.3, -0.25) is 8.98 Å². The molecular weight excluding hydrogens is 379 g/mol. The second-order valence-corrected chi connectivity index (χ2v) is 10.6. The molecule has 0 radical (unpaired) electrons. The summed E-state index contributed by atoms with van der Waals surface area (Å²) >= 11 is 0. The molecule has 0 aromatic heterocycles. The van der Waals surface area contributed by atoms with Crippen LogP contribution in [0.4, 0.5) is 0 Å². The Morgan fingerprint density at radius 1 is 1.19 bits per heavy atom. The molecular formula is C19H29NaO6S. The number of rotatable bonds is 2. The Morgan fingerprint density at radius 3 is 2.56 bits per heavy atom. The Kier molecular flexibility index (Phi) is 6.02. The minimum atomic E-state index is -4.68. The van der Waals surface area contributed by atoms with Gasteiger partial charge in [0.25, 0.3) is 0 Å². The SMILES string of the molecule is C[C@]12CC[C@@H](OS(=O)(=O)[O-])C[C@@H]1CC[C@@H]1[C@@H]2[C@@H](O)C[C@]2(C)C(=O)CC[C@@H]12.[Na+]. The summed E-state index contributed by atoms with van der Waals surface area (Å²) in [5, 5.41) is 11.1. The number of aliphatic hydroxyl groups is 1. The molecule has 0 amide bonds. The second kappa shape index (κ2) is 7.33. The minimum absolute atomic E-state index is 0. The average molecular weight is 408 g/mol. The fourth-order valence-electron chi connectivity index (χ4n) is 7.37. The van der Waals surface area contributed by atoms with Crippen molar-refractivity contribution >= 4 is 16.2 Å². The average Bonchev–Trinajstić information content (AvgIpc) is 2.81. The first-order chi connectivity index (χ1) is 12.0. The van der Waals surface area contributed by atoms with E-state index in [0.29, 0.717) is 43.3 Å². The fourth-order valence-corrected chi connectivity index (χ4v) is 7.88. The van der Waals surface area contributed by atoms with Crippen LogP contribution in [-0.2, 0) is 19.4 Å². The van der Waals surface area contributed by atoms with Gasteiger partial charge in [0.05, 0.1) is 12.2 Å². The van der Waals surface area contributed by atoms with Crippen LogP contribution in [0.2, 0.25) is 0 Å². The van der Waals surface area contributed by atoms with Gasteiger partial charge < -0.3 is 9.66 Å². The van der Waals surface area contributed by atoms with Gasteiger partial charge in [-0.15, -0.1) is 0 Å². The third-order valence-electron chi connectivity index (χ3n) is 8.51. The first-order valence-corrected chi connectivity index (χ1v) is 11.2. The Labute approximate surface area is 184 Å². The summed E-state index contributed by atoms with van der Waals surface area (Å²) in [5.41, 5.74) is -0.456. The molecule has 0 heterocycles. The van der Waals surface area contributed by atoms with E-state index in [2.05, 4.69) is 6.92 Å². The van der Waals surface area contributed by atoms with Crippen molar-refractivity contribution in [1.82, 2.24) is 0 Å². The van der Waals surface area contributed by atoms with Crippen molar-refractivity contribution in [3.63, 3.8) is 0 Å². The van der Waals surface area contributed by atoms with Gasteiger partial charge in [0.1, 0.15) is 5.78 Å². The summed E-state index contributed by atoms with van der Waals surface area (Å²) < 4.78 is 37.6. The molecule has 4 fully saturated rings. The Hall–Kier alpha value is 0.500. The van der Waals surface area contributed by atoms with E-state index >= 15 is 0 Å². The molecule has 148 valence electrons. The summed E-state index contributed by atoms with van der Waals surface area (Å²) in [5.74, 6) is 1.43. The number of Topliss-reactive ketones (excluding diaryl/α,β-unsaturated/α-hetero) is 1. The summed E-state index contributed by atoms with van der Waals surface area (Å²) in [6.45, 7) is 4.27. The topological polar surface area (TPSA) is 104 Å².